The van der Waals surface area contributed by atoms with Gasteiger partial charge in [-0.05, 0) is 41.2 Å². The summed E-state index contributed by atoms with van der Waals surface area (Å²) in [6, 6.07) is 18.0. The number of hydrogen-bond acceptors (Lipinski definition) is 4. The number of rotatable bonds is 8. The van der Waals surface area contributed by atoms with Gasteiger partial charge in [0.2, 0.25) is 5.82 Å². The second-order valence-electron chi connectivity index (χ2n) is 7.18. The van der Waals surface area contributed by atoms with Gasteiger partial charge in [0.05, 0.1) is 18.2 Å². The lowest BCUT2D eigenvalue weighted by atomic mass is 9.99. The van der Waals surface area contributed by atoms with E-state index in [0.717, 1.165) is 41.8 Å². The molecule has 0 aliphatic carbocycles. The number of carbonyl (C=O) groups excluding carboxylic acids is 1. The number of nitrogens with two attached hydrogens (primary N) is 1. The molecule has 0 bridgehead atoms. The van der Waals surface area contributed by atoms with Crippen LogP contribution in [0.15, 0.2) is 48.5 Å². The summed E-state index contributed by atoms with van der Waals surface area (Å²) in [7, 11) is 0. The van der Waals surface area contributed by atoms with E-state index < -0.39 is 0 Å². The molecule has 0 spiro atoms. The Bertz CT molecular complexity index is 1050. The van der Waals surface area contributed by atoms with E-state index in [1.165, 1.54) is 6.92 Å². The molecule has 2 N–H and O–H groups in total. The highest BCUT2D eigenvalue weighted by molar-refractivity contribution is 5.75. The second kappa shape index (κ2) is 10.6. The lowest BCUT2D eigenvalue weighted by Gasteiger charge is -2.07. The molecule has 30 heavy (non-hydrogen) atoms. The highest BCUT2D eigenvalue weighted by atomic mass is 35.5. The summed E-state index contributed by atoms with van der Waals surface area (Å²) in [5, 5.41) is 13.9. The van der Waals surface area contributed by atoms with Gasteiger partial charge < -0.3 is 18.1 Å². The maximum Gasteiger partial charge on any atom is 0.343 e. The van der Waals surface area contributed by atoms with Crippen molar-refractivity contribution >= 4 is 11.7 Å². The maximum absolute atomic E-state index is 11.5. The minimum absolute atomic E-state index is 0. The third-order valence-corrected chi connectivity index (χ3v) is 4.87. The number of ketones is 1. The van der Waals surface area contributed by atoms with Crippen LogP contribution in [0.4, 0.5) is 5.95 Å². The smallest absolute Gasteiger partial charge is 0.343 e. The van der Waals surface area contributed by atoms with E-state index in [2.05, 4.69) is 18.1 Å². The monoisotopic (exact) mass is 423 g/mol. The molecule has 0 aliphatic heterocycles. The molecule has 1 heterocycles. The molecular formula is C23H26ClN5O. The lowest BCUT2D eigenvalue weighted by molar-refractivity contribution is -0.682. The SMILES string of the molecule is CCCCc1nn(CC(C)=O)c(N)[n+]1Cc1ccc(-c2ccccc2C#N)cc1.[Cl-]. The Labute approximate surface area is 183 Å². The molecule has 0 saturated heterocycles. The molecule has 156 valence electrons. The van der Waals surface area contributed by atoms with Gasteiger partial charge in [-0.3, -0.25) is 4.79 Å². The van der Waals surface area contributed by atoms with Crippen LogP contribution in [-0.2, 0) is 24.3 Å². The fourth-order valence-electron chi connectivity index (χ4n) is 3.34. The van der Waals surface area contributed by atoms with Crippen LogP contribution >= 0.6 is 0 Å². The number of carbonyl (C=O) groups is 1. The average Bonchev–Trinajstić information content (AvgIpc) is 3.01. The van der Waals surface area contributed by atoms with E-state index in [0.29, 0.717) is 18.1 Å². The van der Waals surface area contributed by atoms with Crippen molar-refractivity contribution in [3.63, 3.8) is 0 Å². The molecule has 0 saturated carbocycles. The van der Waals surface area contributed by atoms with Gasteiger partial charge in [0.1, 0.15) is 0 Å². The Morgan fingerprint density at radius 1 is 1.20 bits per heavy atom. The number of nitrogens with zero attached hydrogens (tertiary/aromatic N) is 4. The van der Waals surface area contributed by atoms with Gasteiger partial charge in [-0.15, -0.1) is 4.68 Å². The summed E-state index contributed by atoms with van der Waals surface area (Å²) in [4.78, 5) is 11.5. The normalized spacial score (nSPS) is 10.3. The summed E-state index contributed by atoms with van der Waals surface area (Å²) >= 11 is 0. The van der Waals surface area contributed by atoms with Crippen molar-refractivity contribution in [2.75, 3.05) is 5.73 Å². The van der Waals surface area contributed by atoms with E-state index in [9.17, 15) is 10.1 Å². The van der Waals surface area contributed by atoms with E-state index in [1.807, 2.05) is 53.1 Å². The molecule has 0 fully saturated rings. The number of nitriles is 1. The molecule has 6 nitrogen and oxygen atoms in total. The minimum atomic E-state index is 0. The Kier molecular flexibility index (Phi) is 8.14. The molecule has 3 rings (SSSR count). The molecule has 0 amide bonds. The van der Waals surface area contributed by atoms with Crippen molar-refractivity contribution in [3.8, 4) is 17.2 Å². The summed E-state index contributed by atoms with van der Waals surface area (Å²) < 4.78 is 3.57. The maximum atomic E-state index is 11.5. The number of anilines is 1. The van der Waals surface area contributed by atoms with Crippen molar-refractivity contribution < 1.29 is 21.8 Å². The van der Waals surface area contributed by atoms with Gasteiger partial charge in [0.15, 0.2) is 12.3 Å². The standard InChI is InChI=1S/C23H25N5O.ClH/c1-3-4-9-22-26-28(15-17(2)29)23(25)27(22)16-18-10-12-19(13-11-18)21-8-6-5-7-20(21)14-24;/h5-8,10-13,25H,3-4,9,15-16H2,1-2H3;1H. The third kappa shape index (κ3) is 5.25. The first-order chi connectivity index (χ1) is 14.0. The molecule has 0 atom stereocenters. The van der Waals surface area contributed by atoms with Crippen LogP contribution in [0.5, 0.6) is 0 Å². The predicted molar refractivity (Wildman–Crippen MR) is 112 cm³/mol. The van der Waals surface area contributed by atoms with Crippen LogP contribution in [0.25, 0.3) is 11.1 Å². The van der Waals surface area contributed by atoms with E-state index >= 15 is 0 Å². The largest absolute Gasteiger partial charge is 1.00 e. The van der Waals surface area contributed by atoms with E-state index in [4.69, 9.17) is 5.73 Å². The zero-order chi connectivity index (χ0) is 20.8. The van der Waals surface area contributed by atoms with Crippen LogP contribution in [0.1, 0.15) is 43.6 Å². The molecule has 0 unspecified atom stereocenters. The van der Waals surface area contributed by atoms with Crippen LogP contribution < -0.4 is 22.7 Å². The highest BCUT2D eigenvalue weighted by Crippen LogP contribution is 2.23. The summed E-state index contributed by atoms with van der Waals surface area (Å²) in [5.41, 5.74) is 9.97. The zero-order valence-electron chi connectivity index (χ0n) is 17.3. The first kappa shape index (κ1) is 23.1. The molecule has 0 radical (unpaired) electrons. The van der Waals surface area contributed by atoms with Crippen molar-refractivity contribution in [2.45, 2.75) is 46.2 Å². The van der Waals surface area contributed by atoms with Crippen LogP contribution in [0.2, 0.25) is 0 Å². The van der Waals surface area contributed by atoms with Crippen LogP contribution in [0.3, 0.4) is 0 Å². The molecule has 7 heteroatoms. The van der Waals surface area contributed by atoms with Crippen LogP contribution in [-0.4, -0.2) is 15.6 Å². The molecule has 2 aromatic carbocycles. The fourth-order valence-corrected chi connectivity index (χ4v) is 3.34. The number of halogens is 1. The quantitative estimate of drug-likeness (QED) is 0.527. The van der Waals surface area contributed by atoms with E-state index in [1.54, 1.807) is 4.68 Å². The minimum Gasteiger partial charge on any atom is -1.00 e. The number of Topliss-reactive ketones (excluding diaryl/α,β-unsaturated/α-hetero) is 1. The van der Waals surface area contributed by atoms with Crippen molar-refractivity contribution in [2.24, 2.45) is 0 Å². The third-order valence-electron chi connectivity index (χ3n) is 4.87. The first-order valence-corrected chi connectivity index (χ1v) is 9.86. The summed E-state index contributed by atoms with van der Waals surface area (Å²) in [6.07, 6.45) is 2.89. The van der Waals surface area contributed by atoms with Crippen LogP contribution in [0, 0.1) is 11.3 Å². The second-order valence-corrected chi connectivity index (χ2v) is 7.18. The van der Waals surface area contributed by atoms with Gasteiger partial charge in [-0.1, -0.05) is 55.8 Å². The Hall–Kier alpha value is -3.17. The Balaban J connectivity index is 0.00000320. The Morgan fingerprint density at radius 3 is 2.53 bits per heavy atom. The number of unbranched alkanes of at least 4 members (excludes halogenated alkanes) is 1. The van der Waals surface area contributed by atoms with Crippen molar-refractivity contribution in [1.82, 2.24) is 9.78 Å². The van der Waals surface area contributed by atoms with Gasteiger partial charge >= 0.3 is 5.95 Å². The number of nitrogen functional groups attached to an aromatic ring is 1. The average molecular weight is 424 g/mol. The summed E-state index contributed by atoms with van der Waals surface area (Å²) in [6.45, 7) is 4.44. The van der Waals surface area contributed by atoms with E-state index in [-0.39, 0.29) is 24.7 Å². The fraction of sp³-hybridized carbons (Fsp3) is 0.304. The van der Waals surface area contributed by atoms with Crippen molar-refractivity contribution in [1.29, 1.82) is 5.26 Å². The Morgan fingerprint density at radius 2 is 1.90 bits per heavy atom. The number of aromatic nitrogens is 3. The molecule has 0 aliphatic rings. The van der Waals surface area contributed by atoms with Gasteiger partial charge in [0.25, 0.3) is 0 Å². The van der Waals surface area contributed by atoms with Gasteiger partial charge in [-0.2, -0.15) is 5.26 Å². The molecular weight excluding hydrogens is 398 g/mol. The topological polar surface area (TPSA) is 88.6 Å². The van der Waals surface area contributed by atoms with Crippen molar-refractivity contribution in [3.05, 3.63) is 65.5 Å². The highest BCUT2D eigenvalue weighted by Gasteiger charge is 2.22. The summed E-state index contributed by atoms with van der Waals surface area (Å²) in [5.74, 6) is 1.41. The van der Waals surface area contributed by atoms with Gasteiger partial charge in [-0.25, -0.2) is 4.57 Å². The zero-order valence-corrected chi connectivity index (χ0v) is 18.1. The number of aryl methyl sites for hydroxylation is 1. The molecule has 1 aromatic heterocycles. The number of benzene rings is 2. The lowest BCUT2D eigenvalue weighted by Crippen LogP contribution is -3.00. The van der Waals surface area contributed by atoms with Gasteiger partial charge in [0, 0.05) is 6.42 Å². The first-order valence-electron chi connectivity index (χ1n) is 9.86. The molecule has 3 aromatic rings. The predicted octanol–water partition coefficient (Wildman–Crippen LogP) is 0.275. The number of hydrogen-bond donors (Lipinski definition) is 1.